The monoisotopic (exact) mass is 690 g/mol. The maximum Gasteiger partial charge on any atom is 0.194 e. The van der Waals surface area contributed by atoms with E-state index >= 15 is 0 Å². The normalized spacial score (nSPS) is 14.2. The summed E-state index contributed by atoms with van der Waals surface area (Å²) in [7, 11) is 0. The highest BCUT2D eigenvalue weighted by atomic mass is 16.5. The second-order valence-electron chi connectivity index (χ2n) is 14.3. The Morgan fingerprint density at radius 2 is 0.852 bits per heavy atom. The Kier molecular flexibility index (Phi) is 6.47. The predicted octanol–water partition coefficient (Wildman–Crippen LogP) is 11.9. The van der Waals surface area contributed by atoms with Crippen molar-refractivity contribution in [2.45, 2.75) is 5.60 Å². The van der Waals surface area contributed by atoms with Gasteiger partial charge in [0.15, 0.2) is 17.2 Å². The predicted molar refractivity (Wildman–Crippen MR) is 216 cm³/mol. The summed E-state index contributed by atoms with van der Waals surface area (Å²) in [6.45, 7) is 0. The molecule has 1 aliphatic heterocycles. The summed E-state index contributed by atoms with van der Waals surface area (Å²) in [5.41, 5.74) is 13.1. The largest absolute Gasteiger partial charge is 0.473 e. The minimum absolute atomic E-state index is 0.0741. The molecule has 1 heterocycles. The molecule has 3 aliphatic rings. The number of benzene rings is 8. The smallest absolute Gasteiger partial charge is 0.194 e. The SMILES string of the molecule is O=C1c2ccccc2-c2ccc(-c3ccc(C4(c5ccc(-c6ccc7c(c6)C(=O)c6ccccc6-7)cc5)C=Cc5c(ccc6ccccc56)O4)cc3)cc21. The van der Waals surface area contributed by atoms with Gasteiger partial charge in [0, 0.05) is 38.9 Å². The lowest BCUT2D eigenvalue weighted by atomic mass is 9.82. The summed E-state index contributed by atoms with van der Waals surface area (Å²) in [5, 5.41) is 2.31. The van der Waals surface area contributed by atoms with E-state index in [0.717, 1.165) is 100.0 Å². The molecule has 0 saturated carbocycles. The zero-order chi connectivity index (χ0) is 36.0. The van der Waals surface area contributed by atoms with Crippen LogP contribution < -0.4 is 4.74 Å². The van der Waals surface area contributed by atoms with E-state index in [1.165, 1.54) is 0 Å². The summed E-state index contributed by atoms with van der Waals surface area (Å²) in [6, 6.07) is 57.6. The van der Waals surface area contributed by atoms with Crippen LogP contribution in [0.25, 0.3) is 61.4 Å². The molecular weight excluding hydrogens is 661 g/mol. The van der Waals surface area contributed by atoms with Crippen molar-refractivity contribution in [1.82, 2.24) is 0 Å². The standard InChI is InChI=1S/C51H30O3/c52-49-44-11-5-3-9-39(44)41-24-17-34(29-46(41)49)31-13-20-36(21-14-31)51(28-27-43-38-8-2-1-7-33(38)19-26-48(43)54-51)37-22-15-32(16-23-37)35-18-25-42-40-10-4-6-12-45(40)50(53)47(42)30-35/h1-30H. The molecule has 0 bridgehead atoms. The number of hydrogen-bond donors (Lipinski definition) is 0. The molecule has 0 saturated heterocycles. The van der Waals surface area contributed by atoms with Crippen molar-refractivity contribution in [2.24, 2.45) is 0 Å². The molecule has 54 heavy (non-hydrogen) atoms. The van der Waals surface area contributed by atoms with Crippen LogP contribution in [0.3, 0.4) is 0 Å². The van der Waals surface area contributed by atoms with Crippen LogP contribution in [0.2, 0.25) is 0 Å². The second kappa shape index (κ2) is 11.4. The average molecular weight is 691 g/mol. The number of ketones is 2. The van der Waals surface area contributed by atoms with Gasteiger partial charge >= 0.3 is 0 Å². The van der Waals surface area contributed by atoms with E-state index < -0.39 is 5.60 Å². The quantitative estimate of drug-likeness (QED) is 0.185. The first-order valence-corrected chi connectivity index (χ1v) is 18.2. The first kappa shape index (κ1) is 30.5. The zero-order valence-corrected chi connectivity index (χ0v) is 29.0. The Bertz CT molecular complexity index is 2780. The molecule has 0 spiro atoms. The van der Waals surface area contributed by atoms with Gasteiger partial charge in [0.05, 0.1) is 0 Å². The molecule has 3 heteroatoms. The van der Waals surface area contributed by atoms with E-state index in [0.29, 0.717) is 0 Å². The molecule has 3 nitrogen and oxygen atoms in total. The fourth-order valence-corrected chi connectivity index (χ4v) is 8.66. The Labute approximate surface area is 312 Å². The number of fused-ring (bicyclic) bond motifs is 9. The van der Waals surface area contributed by atoms with Crippen molar-refractivity contribution < 1.29 is 14.3 Å². The van der Waals surface area contributed by atoms with Crippen molar-refractivity contribution in [3.05, 3.63) is 215 Å². The number of ether oxygens (including phenoxy) is 1. The summed E-state index contributed by atoms with van der Waals surface area (Å²) in [6.07, 6.45) is 4.36. The molecule has 0 radical (unpaired) electrons. The third kappa shape index (κ3) is 4.42. The Morgan fingerprint density at radius 3 is 1.41 bits per heavy atom. The van der Waals surface area contributed by atoms with Gasteiger partial charge in [-0.05, 0) is 85.6 Å². The van der Waals surface area contributed by atoms with Crippen LogP contribution in [0, 0.1) is 0 Å². The van der Waals surface area contributed by atoms with Crippen molar-refractivity contribution >= 4 is 28.4 Å². The topological polar surface area (TPSA) is 43.4 Å². The molecule has 0 unspecified atom stereocenters. The third-order valence-corrected chi connectivity index (χ3v) is 11.4. The number of carbonyl (C=O) groups excluding carboxylic acids is 2. The van der Waals surface area contributed by atoms with Gasteiger partial charge in [0.1, 0.15) is 5.75 Å². The summed E-state index contributed by atoms with van der Waals surface area (Å²) >= 11 is 0. The van der Waals surface area contributed by atoms with E-state index in [1.807, 2.05) is 60.7 Å². The Balaban J connectivity index is 0.983. The zero-order valence-electron chi connectivity index (χ0n) is 29.0. The molecule has 8 aromatic rings. The molecule has 8 aromatic carbocycles. The molecule has 11 rings (SSSR count). The van der Waals surface area contributed by atoms with Gasteiger partial charge in [-0.1, -0.05) is 152 Å². The van der Waals surface area contributed by atoms with Crippen molar-refractivity contribution in [3.63, 3.8) is 0 Å². The van der Waals surface area contributed by atoms with Gasteiger partial charge in [-0.15, -0.1) is 0 Å². The fraction of sp³-hybridized carbons (Fsp3) is 0.0196. The second-order valence-corrected chi connectivity index (χ2v) is 14.3. The lowest BCUT2D eigenvalue weighted by molar-refractivity contribution is 0.103. The summed E-state index contributed by atoms with van der Waals surface area (Å²) in [4.78, 5) is 26.6. The number of carbonyl (C=O) groups is 2. The lowest BCUT2D eigenvalue weighted by Gasteiger charge is -2.36. The highest BCUT2D eigenvalue weighted by molar-refractivity contribution is 6.23. The first-order chi connectivity index (χ1) is 26.6. The van der Waals surface area contributed by atoms with Crippen LogP contribution in [0.15, 0.2) is 176 Å². The maximum absolute atomic E-state index is 13.3. The van der Waals surface area contributed by atoms with Crippen LogP contribution in [-0.2, 0) is 5.60 Å². The van der Waals surface area contributed by atoms with Gasteiger partial charge < -0.3 is 4.74 Å². The van der Waals surface area contributed by atoms with Crippen LogP contribution in [-0.4, -0.2) is 11.6 Å². The minimum atomic E-state index is -0.905. The van der Waals surface area contributed by atoms with Crippen molar-refractivity contribution in [2.75, 3.05) is 0 Å². The molecular formula is C51H30O3. The van der Waals surface area contributed by atoms with Crippen LogP contribution in [0.5, 0.6) is 5.75 Å². The maximum atomic E-state index is 13.3. The highest BCUT2D eigenvalue weighted by Crippen LogP contribution is 2.46. The molecule has 2 aliphatic carbocycles. The molecule has 0 aromatic heterocycles. The lowest BCUT2D eigenvalue weighted by Crippen LogP contribution is -2.34. The van der Waals surface area contributed by atoms with Crippen LogP contribution in [0.4, 0.5) is 0 Å². The van der Waals surface area contributed by atoms with E-state index in [4.69, 9.17) is 4.74 Å². The van der Waals surface area contributed by atoms with Gasteiger partial charge in [-0.3, -0.25) is 9.59 Å². The molecule has 0 N–H and O–H groups in total. The summed E-state index contributed by atoms with van der Waals surface area (Å²) < 4.78 is 7.14. The van der Waals surface area contributed by atoms with Gasteiger partial charge in [0.2, 0.25) is 0 Å². The van der Waals surface area contributed by atoms with Gasteiger partial charge in [0.25, 0.3) is 0 Å². The van der Waals surface area contributed by atoms with Crippen LogP contribution in [0.1, 0.15) is 48.5 Å². The molecule has 0 fully saturated rings. The van der Waals surface area contributed by atoms with Crippen molar-refractivity contribution in [3.8, 4) is 50.3 Å². The van der Waals surface area contributed by atoms with E-state index in [1.54, 1.807) is 0 Å². The van der Waals surface area contributed by atoms with E-state index in [-0.39, 0.29) is 11.6 Å². The van der Waals surface area contributed by atoms with E-state index in [2.05, 4.69) is 121 Å². The molecule has 0 amide bonds. The van der Waals surface area contributed by atoms with E-state index in [9.17, 15) is 9.59 Å². The number of hydrogen-bond acceptors (Lipinski definition) is 3. The average Bonchev–Trinajstić information content (AvgIpc) is 3.69. The van der Waals surface area contributed by atoms with Gasteiger partial charge in [-0.25, -0.2) is 0 Å². The minimum Gasteiger partial charge on any atom is -0.473 e. The summed E-state index contributed by atoms with van der Waals surface area (Å²) in [5.74, 6) is 0.965. The van der Waals surface area contributed by atoms with Gasteiger partial charge in [-0.2, -0.15) is 0 Å². The highest BCUT2D eigenvalue weighted by Gasteiger charge is 2.38. The Hall–Kier alpha value is -7.10. The first-order valence-electron chi connectivity index (χ1n) is 18.2. The molecule has 252 valence electrons. The number of rotatable bonds is 4. The fourth-order valence-electron chi connectivity index (χ4n) is 8.66. The van der Waals surface area contributed by atoms with Crippen molar-refractivity contribution in [1.29, 1.82) is 0 Å². The third-order valence-electron chi connectivity index (χ3n) is 11.4. The Morgan fingerprint density at radius 1 is 0.389 bits per heavy atom. The van der Waals surface area contributed by atoms with Crippen LogP contribution >= 0.6 is 0 Å². The molecule has 0 atom stereocenters.